The van der Waals surface area contributed by atoms with E-state index >= 15 is 0 Å². The van der Waals surface area contributed by atoms with Crippen LogP contribution in [-0.2, 0) is 16.6 Å². The fraction of sp³-hybridized carbons (Fsp3) is 0.0769. The summed E-state index contributed by atoms with van der Waals surface area (Å²) in [5, 5.41) is -0.0993. The van der Waals surface area contributed by atoms with Gasteiger partial charge in [-0.2, -0.15) is 0 Å². The van der Waals surface area contributed by atoms with E-state index < -0.39 is 21.7 Å². The van der Waals surface area contributed by atoms with Gasteiger partial charge in [0.15, 0.2) is 0 Å². The minimum absolute atomic E-state index is 0.0837. The molecular weight excluding hydrogens is 322 g/mol. The Labute approximate surface area is 125 Å². The number of hydrogen-bond donors (Lipinski definition) is 2. The molecule has 0 aliphatic heterocycles. The van der Waals surface area contributed by atoms with Crippen LogP contribution in [0.3, 0.4) is 0 Å². The highest BCUT2D eigenvalue weighted by Gasteiger charge is 2.15. The maximum atomic E-state index is 13.0. The summed E-state index contributed by atoms with van der Waals surface area (Å²) in [6.07, 6.45) is 0. The summed E-state index contributed by atoms with van der Waals surface area (Å²) in [6, 6.07) is 6.96. The Morgan fingerprint density at radius 1 is 1.10 bits per heavy atom. The highest BCUT2D eigenvalue weighted by Crippen LogP contribution is 2.18. The number of nitrogen functional groups attached to an aromatic ring is 1. The van der Waals surface area contributed by atoms with Crippen LogP contribution in [0.25, 0.3) is 0 Å². The van der Waals surface area contributed by atoms with Gasteiger partial charge < -0.3 is 5.73 Å². The lowest BCUT2D eigenvalue weighted by atomic mass is 10.2. The zero-order valence-electron chi connectivity index (χ0n) is 10.6. The average molecular weight is 333 g/mol. The highest BCUT2D eigenvalue weighted by atomic mass is 35.5. The zero-order chi connectivity index (χ0) is 15.6. The van der Waals surface area contributed by atoms with Crippen LogP contribution in [0.2, 0.25) is 5.02 Å². The predicted molar refractivity (Wildman–Crippen MR) is 76.2 cm³/mol. The predicted octanol–water partition coefficient (Wildman–Crippen LogP) is 2.68. The highest BCUT2D eigenvalue weighted by molar-refractivity contribution is 7.89. The normalized spacial score (nSPS) is 11.6. The van der Waals surface area contributed by atoms with Crippen molar-refractivity contribution in [1.29, 1.82) is 0 Å². The second kappa shape index (κ2) is 5.97. The molecule has 0 aromatic heterocycles. The molecule has 4 nitrogen and oxygen atoms in total. The van der Waals surface area contributed by atoms with Gasteiger partial charge in [-0.15, -0.1) is 0 Å². The van der Waals surface area contributed by atoms with Gasteiger partial charge in [-0.3, -0.25) is 0 Å². The van der Waals surface area contributed by atoms with Gasteiger partial charge in [0.2, 0.25) is 10.0 Å². The van der Waals surface area contributed by atoms with Crippen molar-refractivity contribution in [3.63, 3.8) is 0 Å². The molecule has 0 unspecified atom stereocenters. The van der Waals surface area contributed by atoms with Gasteiger partial charge >= 0.3 is 0 Å². The Balaban J connectivity index is 2.17. The first kappa shape index (κ1) is 15.7. The second-order valence-corrected chi connectivity index (χ2v) is 6.43. The fourth-order valence-electron chi connectivity index (χ4n) is 1.60. The lowest BCUT2D eigenvalue weighted by molar-refractivity contribution is 0.580. The number of anilines is 1. The number of hydrogen-bond acceptors (Lipinski definition) is 3. The second-order valence-electron chi connectivity index (χ2n) is 4.26. The number of sulfonamides is 1. The van der Waals surface area contributed by atoms with Gasteiger partial charge in [-0.05, 0) is 35.9 Å². The molecule has 3 N–H and O–H groups in total. The molecule has 112 valence electrons. The van der Waals surface area contributed by atoms with Gasteiger partial charge in [-0.25, -0.2) is 21.9 Å². The Bertz CT molecular complexity index is 782. The van der Waals surface area contributed by atoms with Crippen LogP contribution in [0, 0.1) is 11.6 Å². The molecule has 8 heteroatoms. The van der Waals surface area contributed by atoms with Crippen LogP contribution in [-0.4, -0.2) is 8.42 Å². The summed E-state index contributed by atoms with van der Waals surface area (Å²) in [7, 11) is -3.85. The van der Waals surface area contributed by atoms with Crippen molar-refractivity contribution in [2.45, 2.75) is 11.4 Å². The number of nitrogens with one attached hydrogen (secondary N) is 1. The molecule has 0 aliphatic rings. The molecule has 2 rings (SSSR count). The summed E-state index contributed by atoms with van der Waals surface area (Å²) in [4.78, 5) is -0.158. The molecule has 0 saturated carbocycles. The molecule has 0 aliphatic carbocycles. The first-order valence-electron chi connectivity index (χ1n) is 5.78. The lowest BCUT2D eigenvalue weighted by Gasteiger charge is -2.08. The van der Waals surface area contributed by atoms with Crippen molar-refractivity contribution >= 4 is 27.3 Å². The number of rotatable bonds is 4. The quantitative estimate of drug-likeness (QED) is 0.845. The van der Waals surface area contributed by atoms with E-state index in [1.807, 2.05) is 0 Å². The molecule has 0 heterocycles. The van der Waals surface area contributed by atoms with Crippen LogP contribution in [0.15, 0.2) is 41.3 Å². The van der Waals surface area contributed by atoms with E-state index in [4.69, 9.17) is 17.3 Å². The third-order valence-corrected chi connectivity index (χ3v) is 4.42. The van der Waals surface area contributed by atoms with Gasteiger partial charge in [0.1, 0.15) is 11.6 Å². The van der Waals surface area contributed by atoms with E-state index in [1.165, 1.54) is 12.1 Å². The van der Waals surface area contributed by atoms with Crippen LogP contribution < -0.4 is 10.5 Å². The van der Waals surface area contributed by atoms with E-state index in [2.05, 4.69) is 4.72 Å². The first-order chi connectivity index (χ1) is 9.79. The van der Waals surface area contributed by atoms with E-state index in [0.29, 0.717) is 5.56 Å². The Kier molecular flexibility index (Phi) is 4.46. The molecule has 0 atom stereocenters. The summed E-state index contributed by atoms with van der Waals surface area (Å²) in [6.45, 7) is -0.0837. The van der Waals surface area contributed by atoms with E-state index in [9.17, 15) is 17.2 Å². The molecule has 0 bridgehead atoms. The Hall–Kier alpha value is -1.70. The fourth-order valence-corrected chi connectivity index (χ4v) is 2.86. The van der Waals surface area contributed by atoms with Gasteiger partial charge in [-0.1, -0.05) is 17.7 Å². The molecule has 2 aromatic carbocycles. The zero-order valence-corrected chi connectivity index (χ0v) is 12.2. The van der Waals surface area contributed by atoms with Gasteiger partial charge in [0.25, 0.3) is 0 Å². The van der Waals surface area contributed by atoms with Crippen LogP contribution in [0.4, 0.5) is 14.5 Å². The maximum Gasteiger partial charge on any atom is 0.240 e. The number of halogens is 3. The third kappa shape index (κ3) is 3.69. The maximum absolute atomic E-state index is 13.0. The molecule has 0 spiro atoms. The molecule has 0 amide bonds. The molecule has 2 aromatic rings. The molecule has 0 saturated heterocycles. The monoisotopic (exact) mass is 332 g/mol. The van der Waals surface area contributed by atoms with Crippen molar-refractivity contribution in [3.05, 3.63) is 58.6 Å². The minimum Gasteiger partial charge on any atom is -0.396 e. The Morgan fingerprint density at radius 3 is 2.38 bits per heavy atom. The van der Waals surface area contributed by atoms with E-state index in [0.717, 1.165) is 24.3 Å². The van der Waals surface area contributed by atoms with Crippen molar-refractivity contribution < 1.29 is 17.2 Å². The van der Waals surface area contributed by atoms with Crippen LogP contribution >= 0.6 is 11.6 Å². The van der Waals surface area contributed by atoms with Gasteiger partial charge in [0.05, 0.1) is 15.6 Å². The molecule has 21 heavy (non-hydrogen) atoms. The standard InChI is InChI=1S/C13H11ClF2N2O2S/c14-10-5-8(1-3-11(10)15)7-18-21(19,20)9-2-4-12(16)13(17)6-9/h1-6,18H,7,17H2. The summed E-state index contributed by atoms with van der Waals surface area (Å²) in [5.41, 5.74) is 5.56. The number of benzene rings is 2. The molecule has 0 radical (unpaired) electrons. The Morgan fingerprint density at radius 2 is 1.76 bits per heavy atom. The van der Waals surface area contributed by atoms with Crippen molar-refractivity contribution in [1.82, 2.24) is 4.72 Å². The first-order valence-corrected chi connectivity index (χ1v) is 7.64. The van der Waals surface area contributed by atoms with E-state index in [1.54, 1.807) is 0 Å². The van der Waals surface area contributed by atoms with Crippen molar-refractivity contribution in [2.24, 2.45) is 0 Å². The van der Waals surface area contributed by atoms with Crippen molar-refractivity contribution in [2.75, 3.05) is 5.73 Å². The van der Waals surface area contributed by atoms with Crippen molar-refractivity contribution in [3.8, 4) is 0 Å². The average Bonchev–Trinajstić information content (AvgIpc) is 2.43. The molecular formula is C13H11ClF2N2O2S. The minimum atomic E-state index is -3.85. The topological polar surface area (TPSA) is 72.2 Å². The van der Waals surface area contributed by atoms with Crippen LogP contribution in [0.1, 0.15) is 5.56 Å². The lowest BCUT2D eigenvalue weighted by Crippen LogP contribution is -2.23. The van der Waals surface area contributed by atoms with Crippen LogP contribution in [0.5, 0.6) is 0 Å². The SMILES string of the molecule is Nc1cc(S(=O)(=O)NCc2ccc(F)c(Cl)c2)ccc1F. The largest absolute Gasteiger partial charge is 0.396 e. The summed E-state index contributed by atoms with van der Waals surface area (Å²) in [5.74, 6) is -1.28. The smallest absolute Gasteiger partial charge is 0.240 e. The number of nitrogens with two attached hydrogens (primary N) is 1. The van der Waals surface area contributed by atoms with Gasteiger partial charge in [0, 0.05) is 6.54 Å². The third-order valence-electron chi connectivity index (χ3n) is 2.73. The summed E-state index contributed by atoms with van der Waals surface area (Å²) < 4.78 is 52.4. The summed E-state index contributed by atoms with van der Waals surface area (Å²) >= 11 is 5.61. The van der Waals surface area contributed by atoms with E-state index in [-0.39, 0.29) is 22.2 Å². The molecule has 0 fully saturated rings.